The van der Waals surface area contributed by atoms with Crippen LogP contribution in [0.25, 0.3) is 0 Å². The van der Waals surface area contributed by atoms with E-state index in [1.807, 2.05) is 6.07 Å². The number of imide groups is 1. The standard InChI is InChI=1S/C17H16N2O5/c18-11-12-5-7-13(8-6-12)24-14-10-15(20)19(17(14)23)9-3-1-2-4-16(21)22/h5-8,10H,1-4,9H2,(H,21,22). The average Bonchev–Trinajstić information content (AvgIpc) is 2.82. The van der Waals surface area contributed by atoms with Crippen molar-refractivity contribution in [2.45, 2.75) is 25.7 Å². The molecule has 24 heavy (non-hydrogen) atoms. The predicted octanol–water partition coefficient (Wildman–Crippen LogP) is 1.83. The average molecular weight is 328 g/mol. The van der Waals surface area contributed by atoms with Crippen molar-refractivity contribution >= 4 is 17.8 Å². The van der Waals surface area contributed by atoms with Gasteiger partial charge < -0.3 is 9.84 Å². The van der Waals surface area contributed by atoms with Crippen molar-refractivity contribution in [3.8, 4) is 11.8 Å². The molecule has 7 nitrogen and oxygen atoms in total. The van der Waals surface area contributed by atoms with Gasteiger partial charge in [-0.15, -0.1) is 0 Å². The third kappa shape index (κ3) is 4.43. The van der Waals surface area contributed by atoms with Gasteiger partial charge in [0.25, 0.3) is 11.8 Å². The van der Waals surface area contributed by atoms with Crippen LogP contribution in [0, 0.1) is 11.3 Å². The Hall–Kier alpha value is -3.14. The van der Waals surface area contributed by atoms with Crippen LogP contribution in [0.1, 0.15) is 31.2 Å². The molecule has 0 bridgehead atoms. The first-order chi connectivity index (χ1) is 11.5. The number of carbonyl (C=O) groups excluding carboxylic acids is 2. The topological polar surface area (TPSA) is 108 Å². The number of rotatable bonds is 8. The Morgan fingerprint density at radius 2 is 1.88 bits per heavy atom. The predicted molar refractivity (Wildman–Crippen MR) is 82.7 cm³/mol. The summed E-state index contributed by atoms with van der Waals surface area (Å²) in [6.07, 6.45) is 2.89. The van der Waals surface area contributed by atoms with Crippen LogP contribution in [0.2, 0.25) is 0 Å². The number of hydrogen-bond donors (Lipinski definition) is 1. The van der Waals surface area contributed by atoms with Gasteiger partial charge in [0.05, 0.1) is 17.7 Å². The zero-order chi connectivity index (χ0) is 17.5. The van der Waals surface area contributed by atoms with E-state index >= 15 is 0 Å². The highest BCUT2D eigenvalue weighted by Crippen LogP contribution is 2.20. The minimum Gasteiger partial charge on any atom is -0.481 e. The molecule has 1 aliphatic heterocycles. The Kier molecular flexibility index (Phi) is 5.68. The summed E-state index contributed by atoms with van der Waals surface area (Å²) in [7, 11) is 0. The van der Waals surface area contributed by atoms with E-state index in [-0.39, 0.29) is 18.7 Å². The molecular formula is C17H16N2O5. The Morgan fingerprint density at radius 1 is 1.17 bits per heavy atom. The fourth-order valence-corrected chi connectivity index (χ4v) is 2.22. The van der Waals surface area contributed by atoms with Gasteiger partial charge in [-0.05, 0) is 37.1 Å². The van der Waals surface area contributed by atoms with Crippen LogP contribution < -0.4 is 4.74 Å². The SMILES string of the molecule is N#Cc1ccc(OC2=CC(=O)N(CCCCCC(=O)O)C2=O)cc1. The molecule has 2 amide bonds. The van der Waals surface area contributed by atoms with Gasteiger partial charge in [-0.3, -0.25) is 19.3 Å². The van der Waals surface area contributed by atoms with Crippen molar-refractivity contribution in [1.29, 1.82) is 5.26 Å². The van der Waals surface area contributed by atoms with Crippen LogP contribution in [-0.2, 0) is 14.4 Å². The molecular weight excluding hydrogens is 312 g/mol. The number of nitrogens with zero attached hydrogens (tertiary/aromatic N) is 2. The summed E-state index contributed by atoms with van der Waals surface area (Å²) < 4.78 is 5.41. The maximum absolute atomic E-state index is 12.2. The van der Waals surface area contributed by atoms with Crippen LogP contribution in [0.5, 0.6) is 5.75 Å². The van der Waals surface area contributed by atoms with Gasteiger partial charge in [0.15, 0.2) is 5.76 Å². The largest absolute Gasteiger partial charge is 0.481 e. The number of carbonyl (C=O) groups is 3. The summed E-state index contributed by atoms with van der Waals surface area (Å²) in [6, 6.07) is 8.18. The van der Waals surface area contributed by atoms with Crippen molar-refractivity contribution in [1.82, 2.24) is 4.90 Å². The summed E-state index contributed by atoms with van der Waals surface area (Å²) in [5.41, 5.74) is 0.466. The van der Waals surface area contributed by atoms with E-state index in [9.17, 15) is 14.4 Å². The first kappa shape index (κ1) is 17.2. The maximum atomic E-state index is 12.2. The van der Waals surface area contributed by atoms with E-state index in [2.05, 4.69) is 0 Å². The van der Waals surface area contributed by atoms with E-state index in [0.717, 1.165) is 11.0 Å². The van der Waals surface area contributed by atoms with Gasteiger partial charge in [0, 0.05) is 13.0 Å². The van der Waals surface area contributed by atoms with Gasteiger partial charge in [-0.1, -0.05) is 6.42 Å². The number of unbranched alkanes of at least 4 members (excludes halogenated alkanes) is 2. The summed E-state index contributed by atoms with van der Waals surface area (Å²) in [5, 5.41) is 17.3. The molecule has 0 saturated carbocycles. The van der Waals surface area contributed by atoms with Crippen LogP contribution in [0.15, 0.2) is 36.1 Å². The number of amides is 2. The van der Waals surface area contributed by atoms with Gasteiger partial charge >= 0.3 is 5.97 Å². The minimum absolute atomic E-state index is 0.0600. The molecule has 1 aliphatic rings. The zero-order valence-electron chi connectivity index (χ0n) is 12.9. The molecule has 2 rings (SSSR count). The van der Waals surface area contributed by atoms with Gasteiger partial charge in [-0.25, -0.2) is 0 Å². The van der Waals surface area contributed by atoms with Crippen molar-refractivity contribution in [2.75, 3.05) is 6.54 Å². The van der Waals surface area contributed by atoms with Crippen LogP contribution in [-0.4, -0.2) is 34.3 Å². The highest BCUT2D eigenvalue weighted by atomic mass is 16.5. The molecule has 0 saturated heterocycles. The molecule has 124 valence electrons. The lowest BCUT2D eigenvalue weighted by Gasteiger charge is -2.14. The molecule has 0 unspecified atom stereocenters. The number of hydrogen-bond acceptors (Lipinski definition) is 5. The fraction of sp³-hybridized carbons (Fsp3) is 0.294. The van der Waals surface area contributed by atoms with Crippen molar-refractivity contribution < 1.29 is 24.2 Å². The summed E-state index contributed by atoms with van der Waals surface area (Å²) in [6.45, 7) is 0.230. The molecule has 0 spiro atoms. The van der Waals surface area contributed by atoms with Gasteiger partial charge in [0.2, 0.25) is 0 Å². The Morgan fingerprint density at radius 3 is 2.50 bits per heavy atom. The first-order valence-corrected chi connectivity index (χ1v) is 7.48. The molecule has 1 aromatic rings. The first-order valence-electron chi connectivity index (χ1n) is 7.48. The third-order valence-corrected chi connectivity index (χ3v) is 3.46. The van der Waals surface area contributed by atoms with E-state index in [4.69, 9.17) is 15.1 Å². The molecule has 0 atom stereocenters. The van der Waals surface area contributed by atoms with E-state index in [1.54, 1.807) is 24.3 Å². The van der Waals surface area contributed by atoms with Crippen molar-refractivity contribution in [3.05, 3.63) is 41.7 Å². The quantitative estimate of drug-likeness (QED) is 0.576. The van der Waals surface area contributed by atoms with Crippen molar-refractivity contribution in [2.24, 2.45) is 0 Å². The number of ether oxygens (including phenoxy) is 1. The molecule has 1 N–H and O–H groups in total. The van der Waals surface area contributed by atoms with E-state index in [1.165, 1.54) is 0 Å². The molecule has 0 aromatic heterocycles. The lowest BCUT2D eigenvalue weighted by molar-refractivity contribution is -0.139. The normalized spacial score (nSPS) is 13.6. The lowest BCUT2D eigenvalue weighted by Crippen LogP contribution is -2.32. The molecule has 0 radical (unpaired) electrons. The zero-order valence-corrected chi connectivity index (χ0v) is 12.9. The molecule has 0 aliphatic carbocycles. The Labute approximate surface area is 138 Å². The number of aliphatic carboxylic acids is 1. The lowest BCUT2D eigenvalue weighted by atomic mass is 10.2. The van der Waals surface area contributed by atoms with Crippen molar-refractivity contribution in [3.63, 3.8) is 0 Å². The summed E-state index contributed by atoms with van der Waals surface area (Å²) >= 11 is 0. The minimum atomic E-state index is -0.858. The molecule has 7 heteroatoms. The number of nitriles is 1. The maximum Gasteiger partial charge on any atom is 0.303 e. The second kappa shape index (κ2) is 7.92. The number of carboxylic acids is 1. The van der Waals surface area contributed by atoms with Crippen LogP contribution in [0.4, 0.5) is 0 Å². The third-order valence-electron chi connectivity index (χ3n) is 3.46. The fourth-order valence-electron chi connectivity index (χ4n) is 2.22. The summed E-state index contributed by atoms with van der Waals surface area (Å²) in [5.74, 6) is -1.51. The highest BCUT2D eigenvalue weighted by molar-refractivity contribution is 6.15. The van der Waals surface area contributed by atoms with Crippen LogP contribution >= 0.6 is 0 Å². The highest BCUT2D eigenvalue weighted by Gasteiger charge is 2.32. The van der Waals surface area contributed by atoms with Crippen LogP contribution in [0.3, 0.4) is 0 Å². The summed E-state index contributed by atoms with van der Waals surface area (Å²) in [4.78, 5) is 35.6. The second-order valence-corrected chi connectivity index (χ2v) is 5.25. The molecule has 1 heterocycles. The Balaban J connectivity index is 1.86. The second-order valence-electron chi connectivity index (χ2n) is 5.25. The van der Waals surface area contributed by atoms with Gasteiger partial charge in [0.1, 0.15) is 5.75 Å². The number of carboxylic acid groups (broad SMARTS) is 1. The molecule has 0 fully saturated rings. The number of benzene rings is 1. The van der Waals surface area contributed by atoms with Gasteiger partial charge in [-0.2, -0.15) is 5.26 Å². The molecule has 1 aromatic carbocycles. The monoisotopic (exact) mass is 328 g/mol. The smallest absolute Gasteiger partial charge is 0.303 e. The van der Waals surface area contributed by atoms with E-state index < -0.39 is 17.8 Å². The van der Waals surface area contributed by atoms with E-state index in [0.29, 0.717) is 30.6 Å². The Bertz CT molecular complexity index is 715.